The highest BCUT2D eigenvalue weighted by molar-refractivity contribution is 6.33. The predicted molar refractivity (Wildman–Crippen MR) is 79.3 cm³/mol. The lowest BCUT2D eigenvalue weighted by molar-refractivity contribution is -0.0679. The van der Waals surface area contributed by atoms with Crippen molar-refractivity contribution in [3.63, 3.8) is 0 Å². The van der Waals surface area contributed by atoms with Crippen LogP contribution in [0.3, 0.4) is 0 Å². The first kappa shape index (κ1) is 15.1. The normalized spacial score (nSPS) is 16.4. The number of anilines is 1. The molecule has 1 heterocycles. The van der Waals surface area contributed by atoms with Crippen LogP contribution >= 0.6 is 11.6 Å². The van der Waals surface area contributed by atoms with Gasteiger partial charge in [0.25, 0.3) is 5.91 Å². The van der Waals surface area contributed by atoms with Crippen molar-refractivity contribution in [3.8, 4) is 0 Å². The molecule has 1 amide bonds. The largest absolute Gasteiger partial charge is 0.376 e. The SMILES string of the molecule is CCNc1ccc(Cl)c(C(=O)NCC2(OC)CCC2)n1. The molecule has 1 aliphatic carbocycles. The zero-order chi connectivity index (χ0) is 14.6. The number of carbonyl (C=O) groups excluding carboxylic acids is 1. The molecule has 20 heavy (non-hydrogen) atoms. The summed E-state index contributed by atoms with van der Waals surface area (Å²) < 4.78 is 5.47. The average molecular weight is 298 g/mol. The molecule has 5 nitrogen and oxygen atoms in total. The van der Waals surface area contributed by atoms with Gasteiger partial charge in [-0.25, -0.2) is 4.98 Å². The highest BCUT2D eigenvalue weighted by atomic mass is 35.5. The van der Waals surface area contributed by atoms with Gasteiger partial charge in [0.05, 0.1) is 10.6 Å². The topological polar surface area (TPSA) is 63.2 Å². The van der Waals surface area contributed by atoms with E-state index in [1.165, 1.54) is 0 Å². The van der Waals surface area contributed by atoms with E-state index in [4.69, 9.17) is 16.3 Å². The molecule has 0 unspecified atom stereocenters. The second-order valence-electron chi connectivity index (χ2n) is 4.98. The van der Waals surface area contributed by atoms with Crippen LogP contribution in [0.15, 0.2) is 12.1 Å². The standard InChI is InChI=1S/C14H20ClN3O2/c1-3-16-11-6-5-10(15)12(18-11)13(19)17-9-14(20-2)7-4-8-14/h5-6H,3-4,7-9H2,1-2H3,(H,16,18)(H,17,19). The second kappa shape index (κ2) is 6.41. The van der Waals surface area contributed by atoms with Crippen LogP contribution in [0.4, 0.5) is 5.82 Å². The molecule has 0 atom stereocenters. The number of nitrogens with zero attached hydrogens (tertiary/aromatic N) is 1. The van der Waals surface area contributed by atoms with Crippen LogP contribution < -0.4 is 10.6 Å². The van der Waals surface area contributed by atoms with E-state index in [0.29, 0.717) is 17.4 Å². The van der Waals surface area contributed by atoms with Gasteiger partial charge in [-0.05, 0) is 38.3 Å². The summed E-state index contributed by atoms with van der Waals surface area (Å²) in [6.45, 7) is 3.20. The minimum atomic E-state index is -0.266. The highest BCUT2D eigenvalue weighted by Crippen LogP contribution is 2.34. The van der Waals surface area contributed by atoms with Crippen LogP contribution in [0, 0.1) is 0 Å². The van der Waals surface area contributed by atoms with Crippen LogP contribution in [-0.2, 0) is 4.74 Å². The number of methoxy groups -OCH3 is 1. The van der Waals surface area contributed by atoms with Crippen molar-refractivity contribution in [2.45, 2.75) is 31.8 Å². The van der Waals surface area contributed by atoms with E-state index < -0.39 is 0 Å². The van der Waals surface area contributed by atoms with Crippen molar-refractivity contribution < 1.29 is 9.53 Å². The monoisotopic (exact) mass is 297 g/mol. The Balaban J connectivity index is 2.03. The summed E-state index contributed by atoms with van der Waals surface area (Å²) in [5.41, 5.74) is 0.0391. The van der Waals surface area contributed by atoms with E-state index >= 15 is 0 Å². The molecule has 1 aliphatic rings. The van der Waals surface area contributed by atoms with Gasteiger partial charge in [-0.1, -0.05) is 11.6 Å². The summed E-state index contributed by atoms with van der Waals surface area (Å²) in [6, 6.07) is 3.43. The van der Waals surface area contributed by atoms with Crippen LogP contribution in [0.25, 0.3) is 0 Å². The van der Waals surface area contributed by atoms with Crippen molar-refractivity contribution in [1.29, 1.82) is 0 Å². The third-order valence-electron chi connectivity index (χ3n) is 3.69. The minimum Gasteiger partial charge on any atom is -0.376 e. The summed E-state index contributed by atoms with van der Waals surface area (Å²) in [4.78, 5) is 16.4. The third-order valence-corrected chi connectivity index (χ3v) is 3.99. The number of aromatic nitrogens is 1. The predicted octanol–water partition coefficient (Wildman–Crippen LogP) is 2.47. The molecule has 1 saturated carbocycles. The Labute approximate surface area is 124 Å². The van der Waals surface area contributed by atoms with E-state index in [1.807, 2.05) is 6.92 Å². The van der Waals surface area contributed by atoms with Crippen LogP contribution in [0.2, 0.25) is 5.02 Å². The molecule has 110 valence electrons. The van der Waals surface area contributed by atoms with E-state index in [2.05, 4.69) is 15.6 Å². The molecule has 1 aromatic rings. The first-order chi connectivity index (χ1) is 9.60. The van der Waals surface area contributed by atoms with Crippen molar-refractivity contribution in [3.05, 3.63) is 22.8 Å². The van der Waals surface area contributed by atoms with Crippen molar-refractivity contribution in [1.82, 2.24) is 10.3 Å². The van der Waals surface area contributed by atoms with Crippen molar-refractivity contribution in [2.75, 3.05) is 25.5 Å². The fraction of sp³-hybridized carbons (Fsp3) is 0.571. The van der Waals surface area contributed by atoms with Gasteiger partial charge in [0, 0.05) is 20.2 Å². The lowest BCUT2D eigenvalue weighted by Crippen LogP contribution is -2.49. The number of halogens is 1. The molecule has 6 heteroatoms. The maximum absolute atomic E-state index is 12.2. The lowest BCUT2D eigenvalue weighted by Gasteiger charge is -2.40. The number of ether oxygens (including phenoxy) is 1. The van der Waals surface area contributed by atoms with Gasteiger partial charge in [0.15, 0.2) is 0 Å². The molecule has 1 fully saturated rings. The molecule has 0 spiro atoms. The highest BCUT2D eigenvalue weighted by Gasteiger charge is 2.37. The number of rotatable bonds is 6. The van der Waals surface area contributed by atoms with E-state index in [0.717, 1.165) is 25.8 Å². The Hall–Kier alpha value is -1.33. The lowest BCUT2D eigenvalue weighted by atomic mass is 9.80. The van der Waals surface area contributed by atoms with E-state index in [1.54, 1.807) is 19.2 Å². The van der Waals surface area contributed by atoms with Crippen molar-refractivity contribution >= 4 is 23.3 Å². The second-order valence-corrected chi connectivity index (χ2v) is 5.39. The Morgan fingerprint density at radius 3 is 2.80 bits per heavy atom. The number of amides is 1. The van der Waals surface area contributed by atoms with Gasteiger partial charge in [-0.2, -0.15) is 0 Å². The van der Waals surface area contributed by atoms with Crippen LogP contribution in [0.5, 0.6) is 0 Å². The Bertz CT molecular complexity index is 484. The molecule has 1 aromatic heterocycles. The molecule has 0 aliphatic heterocycles. The summed E-state index contributed by atoms with van der Waals surface area (Å²) >= 11 is 6.04. The molecule has 0 saturated heterocycles. The average Bonchev–Trinajstić information content (AvgIpc) is 2.40. The molecular formula is C14H20ClN3O2. The number of nitrogens with one attached hydrogen (secondary N) is 2. The smallest absolute Gasteiger partial charge is 0.271 e. The van der Waals surface area contributed by atoms with E-state index in [-0.39, 0.29) is 17.2 Å². The number of pyridine rings is 1. The van der Waals surface area contributed by atoms with Gasteiger partial charge in [0.1, 0.15) is 11.5 Å². The van der Waals surface area contributed by atoms with Gasteiger partial charge in [-0.3, -0.25) is 4.79 Å². The molecular weight excluding hydrogens is 278 g/mol. The van der Waals surface area contributed by atoms with Crippen LogP contribution in [0.1, 0.15) is 36.7 Å². The van der Waals surface area contributed by atoms with Gasteiger partial charge in [-0.15, -0.1) is 0 Å². The fourth-order valence-corrected chi connectivity index (χ4v) is 2.42. The summed E-state index contributed by atoms with van der Waals surface area (Å²) in [5.74, 6) is 0.380. The molecule has 0 bridgehead atoms. The molecule has 2 rings (SSSR count). The van der Waals surface area contributed by atoms with Gasteiger partial charge < -0.3 is 15.4 Å². The number of carbonyl (C=O) groups is 1. The Morgan fingerprint density at radius 2 is 2.25 bits per heavy atom. The Morgan fingerprint density at radius 1 is 1.50 bits per heavy atom. The first-order valence-corrected chi connectivity index (χ1v) is 7.22. The zero-order valence-electron chi connectivity index (χ0n) is 11.8. The van der Waals surface area contributed by atoms with E-state index in [9.17, 15) is 4.79 Å². The first-order valence-electron chi connectivity index (χ1n) is 6.84. The fourth-order valence-electron chi connectivity index (χ4n) is 2.23. The maximum Gasteiger partial charge on any atom is 0.271 e. The number of hydrogen-bond donors (Lipinski definition) is 2. The molecule has 2 N–H and O–H groups in total. The molecule has 0 aromatic carbocycles. The summed E-state index contributed by atoms with van der Waals surface area (Å²) in [7, 11) is 1.68. The van der Waals surface area contributed by atoms with Gasteiger partial charge in [0.2, 0.25) is 0 Å². The van der Waals surface area contributed by atoms with Crippen LogP contribution in [-0.4, -0.2) is 36.7 Å². The number of hydrogen-bond acceptors (Lipinski definition) is 4. The summed E-state index contributed by atoms with van der Waals surface area (Å²) in [6.07, 6.45) is 3.09. The maximum atomic E-state index is 12.2. The summed E-state index contributed by atoms with van der Waals surface area (Å²) in [5, 5.41) is 6.28. The quantitative estimate of drug-likeness (QED) is 0.847. The van der Waals surface area contributed by atoms with Crippen molar-refractivity contribution in [2.24, 2.45) is 0 Å². The van der Waals surface area contributed by atoms with Gasteiger partial charge >= 0.3 is 0 Å². The molecule has 0 radical (unpaired) electrons. The minimum absolute atomic E-state index is 0.207. The third kappa shape index (κ3) is 3.22. The zero-order valence-corrected chi connectivity index (χ0v) is 12.6. The Kier molecular flexibility index (Phi) is 4.83.